The second-order valence-corrected chi connectivity index (χ2v) is 5.92. The van der Waals surface area contributed by atoms with Gasteiger partial charge in [0.05, 0.1) is 6.54 Å². The van der Waals surface area contributed by atoms with Crippen molar-refractivity contribution >= 4 is 5.96 Å². The first-order valence-corrected chi connectivity index (χ1v) is 6.46. The monoisotopic (exact) mass is 247 g/mol. The maximum atomic E-state index is 5.32. The molecular formula is C15H25N3. The summed E-state index contributed by atoms with van der Waals surface area (Å²) in [4.78, 5) is 4.01. The molecule has 0 radical (unpaired) electrons. The third-order valence-electron chi connectivity index (χ3n) is 3.10. The molecule has 3 nitrogen and oxygen atoms in total. The lowest BCUT2D eigenvalue weighted by atomic mass is 9.78. The van der Waals surface area contributed by atoms with Crippen molar-refractivity contribution in [3.63, 3.8) is 0 Å². The fraction of sp³-hybridized carbons (Fsp3) is 0.533. The summed E-state index contributed by atoms with van der Waals surface area (Å²) in [5.41, 5.74) is 13.4. The van der Waals surface area contributed by atoms with Crippen LogP contribution in [0.4, 0.5) is 0 Å². The van der Waals surface area contributed by atoms with E-state index in [1.54, 1.807) is 0 Å². The van der Waals surface area contributed by atoms with E-state index in [0.29, 0.717) is 12.5 Å². The number of benzene rings is 1. The van der Waals surface area contributed by atoms with Crippen LogP contribution < -0.4 is 11.5 Å². The number of guanidine groups is 1. The van der Waals surface area contributed by atoms with E-state index in [9.17, 15) is 0 Å². The number of rotatable bonds is 5. The smallest absolute Gasteiger partial charge is 0.186 e. The van der Waals surface area contributed by atoms with Crippen molar-refractivity contribution < 1.29 is 0 Å². The minimum absolute atomic E-state index is 0.138. The lowest BCUT2D eigenvalue weighted by Gasteiger charge is -2.27. The van der Waals surface area contributed by atoms with E-state index in [-0.39, 0.29) is 11.4 Å². The van der Waals surface area contributed by atoms with Crippen molar-refractivity contribution in [1.29, 1.82) is 0 Å². The van der Waals surface area contributed by atoms with Crippen molar-refractivity contribution in [3.05, 3.63) is 35.4 Å². The molecule has 0 bridgehead atoms. The fourth-order valence-corrected chi connectivity index (χ4v) is 2.38. The lowest BCUT2D eigenvalue weighted by Crippen LogP contribution is -2.22. The van der Waals surface area contributed by atoms with Gasteiger partial charge in [-0.25, -0.2) is 4.99 Å². The predicted molar refractivity (Wildman–Crippen MR) is 78.4 cm³/mol. The molecule has 0 unspecified atom stereocenters. The topological polar surface area (TPSA) is 64.4 Å². The zero-order valence-corrected chi connectivity index (χ0v) is 11.9. The first kappa shape index (κ1) is 14.6. The standard InChI is InChI=1S/C15H25N3/c1-11(2)9-15(3,4)13-7-5-12(6-8-13)10-18-14(16)17/h5-8,11H,9-10H2,1-4H3,(H4,16,17,18). The van der Waals surface area contributed by atoms with Gasteiger partial charge < -0.3 is 11.5 Å². The zero-order valence-electron chi connectivity index (χ0n) is 11.9. The molecule has 1 aromatic carbocycles. The summed E-state index contributed by atoms with van der Waals surface area (Å²) in [5, 5.41) is 0. The molecule has 0 aromatic heterocycles. The minimum Gasteiger partial charge on any atom is -0.370 e. The Balaban J connectivity index is 2.79. The highest BCUT2D eigenvalue weighted by molar-refractivity contribution is 5.75. The van der Waals surface area contributed by atoms with Crippen LogP contribution in [0, 0.1) is 5.92 Å². The summed E-state index contributed by atoms with van der Waals surface area (Å²) in [6.45, 7) is 9.65. The fourth-order valence-electron chi connectivity index (χ4n) is 2.38. The lowest BCUT2D eigenvalue weighted by molar-refractivity contribution is 0.399. The number of nitrogens with zero attached hydrogens (tertiary/aromatic N) is 1. The molecule has 0 saturated heterocycles. The molecule has 0 aliphatic heterocycles. The zero-order chi connectivity index (χ0) is 13.8. The van der Waals surface area contributed by atoms with E-state index in [4.69, 9.17) is 11.5 Å². The van der Waals surface area contributed by atoms with Crippen LogP contribution in [-0.2, 0) is 12.0 Å². The summed E-state index contributed by atoms with van der Waals surface area (Å²) in [7, 11) is 0. The van der Waals surface area contributed by atoms with Gasteiger partial charge in [0.15, 0.2) is 5.96 Å². The van der Waals surface area contributed by atoms with Crippen LogP contribution in [-0.4, -0.2) is 5.96 Å². The normalized spacial score (nSPS) is 11.6. The molecule has 3 heteroatoms. The molecule has 0 atom stereocenters. The van der Waals surface area contributed by atoms with E-state index < -0.39 is 0 Å². The van der Waals surface area contributed by atoms with Crippen LogP contribution in [0.25, 0.3) is 0 Å². The quantitative estimate of drug-likeness (QED) is 0.620. The number of aliphatic imine (C=N–C) groups is 1. The molecule has 1 rings (SSSR count). The highest BCUT2D eigenvalue weighted by atomic mass is 15.0. The molecule has 1 aromatic rings. The Morgan fingerprint density at radius 3 is 2.17 bits per heavy atom. The maximum absolute atomic E-state index is 5.32. The molecular weight excluding hydrogens is 222 g/mol. The maximum Gasteiger partial charge on any atom is 0.186 e. The van der Waals surface area contributed by atoms with Gasteiger partial charge in [0.25, 0.3) is 0 Å². The van der Waals surface area contributed by atoms with Gasteiger partial charge in [-0.15, -0.1) is 0 Å². The molecule has 4 N–H and O–H groups in total. The molecule has 0 fully saturated rings. The van der Waals surface area contributed by atoms with Crippen LogP contribution in [0.15, 0.2) is 29.3 Å². The highest BCUT2D eigenvalue weighted by Crippen LogP contribution is 2.30. The van der Waals surface area contributed by atoms with E-state index in [1.165, 1.54) is 12.0 Å². The minimum atomic E-state index is 0.138. The molecule has 0 heterocycles. The molecule has 0 aliphatic rings. The SMILES string of the molecule is CC(C)CC(C)(C)c1ccc(CN=C(N)N)cc1. The Kier molecular flexibility index (Phi) is 4.76. The third kappa shape index (κ3) is 4.40. The van der Waals surface area contributed by atoms with Gasteiger partial charge in [-0.3, -0.25) is 0 Å². The molecule has 0 saturated carbocycles. The van der Waals surface area contributed by atoms with Gasteiger partial charge in [-0.05, 0) is 28.9 Å². The second-order valence-electron chi connectivity index (χ2n) is 5.92. The molecule has 18 heavy (non-hydrogen) atoms. The van der Waals surface area contributed by atoms with Crippen molar-refractivity contribution in [1.82, 2.24) is 0 Å². The molecule has 100 valence electrons. The van der Waals surface area contributed by atoms with Gasteiger partial charge in [-0.1, -0.05) is 52.0 Å². The van der Waals surface area contributed by atoms with E-state index >= 15 is 0 Å². The summed E-state index contributed by atoms with van der Waals surface area (Å²) in [6, 6.07) is 8.56. The predicted octanol–water partition coefficient (Wildman–Crippen LogP) is 2.78. The van der Waals surface area contributed by atoms with Gasteiger partial charge in [0.2, 0.25) is 0 Å². The van der Waals surface area contributed by atoms with Gasteiger partial charge >= 0.3 is 0 Å². The Morgan fingerprint density at radius 2 is 1.72 bits per heavy atom. The molecule has 0 aliphatic carbocycles. The van der Waals surface area contributed by atoms with Crippen molar-refractivity contribution in [3.8, 4) is 0 Å². The van der Waals surface area contributed by atoms with E-state index in [0.717, 1.165) is 5.56 Å². The second kappa shape index (κ2) is 5.89. The first-order valence-electron chi connectivity index (χ1n) is 6.46. The van der Waals surface area contributed by atoms with Crippen LogP contribution in [0.1, 0.15) is 45.2 Å². The van der Waals surface area contributed by atoms with Crippen molar-refractivity contribution in [2.24, 2.45) is 22.4 Å². The number of nitrogens with two attached hydrogens (primary N) is 2. The van der Waals surface area contributed by atoms with Crippen LogP contribution >= 0.6 is 0 Å². The van der Waals surface area contributed by atoms with Crippen LogP contribution in [0.3, 0.4) is 0 Å². The third-order valence-corrected chi connectivity index (χ3v) is 3.10. The molecule has 0 amide bonds. The Morgan fingerprint density at radius 1 is 1.17 bits per heavy atom. The average Bonchev–Trinajstić information content (AvgIpc) is 2.25. The van der Waals surface area contributed by atoms with Gasteiger partial charge in [0.1, 0.15) is 0 Å². The van der Waals surface area contributed by atoms with Crippen LogP contribution in [0.5, 0.6) is 0 Å². The Labute approximate surface area is 110 Å². The summed E-state index contributed by atoms with van der Waals surface area (Å²) < 4.78 is 0. The van der Waals surface area contributed by atoms with Crippen LogP contribution in [0.2, 0.25) is 0 Å². The summed E-state index contributed by atoms with van der Waals surface area (Å²) >= 11 is 0. The van der Waals surface area contributed by atoms with E-state index in [1.807, 2.05) is 0 Å². The van der Waals surface area contributed by atoms with E-state index in [2.05, 4.69) is 57.0 Å². The first-order chi connectivity index (χ1) is 8.31. The van der Waals surface area contributed by atoms with Gasteiger partial charge in [-0.2, -0.15) is 0 Å². The van der Waals surface area contributed by atoms with Gasteiger partial charge in [0, 0.05) is 0 Å². The highest BCUT2D eigenvalue weighted by Gasteiger charge is 2.21. The molecule has 0 spiro atoms. The summed E-state index contributed by atoms with van der Waals surface area (Å²) in [5.74, 6) is 0.834. The Hall–Kier alpha value is -1.51. The number of hydrogen-bond donors (Lipinski definition) is 2. The van der Waals surface area contributed by atoms with Crippen molar-refractivity contribution in [2.75, 3.05) is 0 Å². The number of hydrogen-bond acceptors (Lipinski definition) is 1. The largest absolute Gasteiger partial charge is 0.370 e. The summed E-state index contributed by atoms with van der Waals surface area (Å²) in [6.07, 6.45) is 1.18. The van der Waals surface area contributed by atoms with Crippen molar-refractivity contribution in [2.45, 2.75) is 46.1 Å². The average molecular weight is 247 g/mol. The Bertz CT molecular complexity index is 398.